The molecular weight excluding hydrogens is 397 g/mol. The number of piperidine rings is 1. The van der Waals surface area contributed by atoms with E-state index in [4.69, 9.17) is 4.74 Å². The fourth-order valence-electron chi connectivity index (χ4n) is 3.73. The fourth-order valence-corrected chi connectivity index (χ4v) is 3.73. The monoisotopic (exact) mass is 429 g/mol. The number of likely N-dealkylation sites (tertiary alicyclic amines) is 1. The lowest BCUT2D eigenvalue weighted by molar-refractivity contribution is -0.114. The quantitative estimate of drug-likeness (QED) is 0.571. The molecule has 1 saturated heterocycles. The van der Waals surface area contributed by atoms with E-state index in [1.807, 2.05) is 31.2 Å². The van der Waals surface area contributed by atoms with Gasteiger partial charge in [-0.3, -0.25) is 9.69 Å². The van der Waals surface area contributed by atoms with Gasteiger partial charge in [-0.15, -0.1) is 0 Å². The molecule has 0 aromatic heterocycles. The van der Waals surface area contributed by atoms with E-state index in [1.165, 1.54) is 19.1 Å². The molecule has 1 fully saturated rings. The minimum Gasteiger partial charge on any atom is -0.489 e. The van der Waals surface area contributed by atoms with Crippen molar-refractivity contribution in [2.24, 2.45) is 0 Å². The lowest BCUT2D eigenvalue weighted by Crippen LogP contribution is -2.45. The average Bonchev–Trinajstić information content (AvgIpc) is 2.74. The fraction of sp³-hybridized carbons (Fsp3) is 0.458. The molecule has 168 valence electrons. The Morgan fingerprint density at radius 2 is 1.94 bits per heavy atom. The van der Waals surface area contributed by atoms with Crippen molar-refractivity contribution >= 4 is 11.6 Å². The highest BCUT2D eigenvalue weighted by Crippen LogP contribution is 2.26. The normalized spacial score (nSPS) is 16.1. The lowest BCUT2D eigenvalue weighted by atomic mass is 10.0. The lowest BCUT2D eigenvalue weighted by Gasteiger charge is -2.33. The van der Waals surface area contributed by atoms with E-state index >= 15 is 0 Å². The number of hydrogen-bond donors (Lipinski definition) is 3. The molecule has 1 aliphatic rings. The number of aliphatic hydroxyl groups is 1. The Balaban J connectivity index is 1.38. The molecule has 1 atom stereocenters. The van der Waals surface area contributed by atoms with Crippen LogP contribution in [-0.2, 0) is 11.3 Å². The second kappa shape index (κ2) is 11.2. The van der Waals surface area contributed by atoms with E-state index < -0.39 is 6.10 Å². The maximum absolute atomic E-state index is 13.0. The highest BCUT2D eigenvalue weighted by Gasteiger charge is 2.20. The summed E-state index contributed by atoms with van der Waals surface area (Å²) >= 11 is 0. The number of amides is 1. The Morgan fingerprint density at radius 3 is 2.61 bits per heavy atom. The van der Waals surface area contributed by atoms with Gasteiger partial charge in [-0.05, 0) is 68.2 Å². The number of carbonyl (C=O) groups excluding carboxylic acids is 1. The third-order valence-corrected chi connectivity index (χ3v) is 5.43. The van der Waals surface area contributed by atoms with Gasteiger partial charge >= 0.3 is 0 Å². The van der Waals surface area contributed by atoms with Crippen LogP contribution in [0.1, 0.15) is 30.9 Å². The zero-order valence-corrected chi connectivity index (χ0v) is 18.2. The molecule has 1 heterocycles. The third-order valence-electron chi connectivity index (χ3n) is 5.43. The molecule has 1 amide bonds. The Bertz CT molecular complexity index is 852. The minimum atomic E-state index is -0.650. The van der Waals surface area contributed by atoms with E-state index in [0.717, 1.165) is 43.6 Å². The largest absolute Gasteiger partial charge is 0.489 e. The topological polar surface area (TPSA) is 73.8 Å². The molecule has 31 heavy (non-hydrogen) atoms. The van der Waals surface area contributed by atoms with Crippen LogP contribution < -0.4 is 15.4 Å². The summed E-state index contributed by atoms with van der Waals surface area (Å²) in [5.41, 5.74) is 2.74. The van der Waals surface area contributed by atoms with Crippen LogP contribution in [0, 0.1) is 12.7 Å². The Morgan fingerprint density at radius 1 is 1.23 bits per heavy atom. The second-order valence-corrected chi connectivity index (χ2v) is 8.23. The number of halogens is 1. The third kappa shape index (κ3) is 7.61. The number of nitrogens with one attached hydrogen (secondary N) is 2. The number of aliphatic hydroxyl groups excluding tert-OH is 1. The summed E-state index contributed by atoms with van der Waals surface area (Å²) < 4.78 is 18.8. The first-order valence-corrected chi connectivity index (χ1v) is 10.8. The summed E-state index contributed by atoms with van der Waals surface area (Å²) in [5, 5.41) is 16.5. The van der Waals surface area contributed by atoms with Crippen molar-refractivity contribution in [1.82, 2.24) is 10.2 Å². The number of anilines is 1. The average molecular weight is 430 g/mol. The van der Waals surface area contributed by atoms with Crippen molar-refractivity contribution in [2.45, 2.75) is 45.4 Å². The number of rotatable bonds is 9. The standard InChI is InChI=1S/C24H32FN3O3/c1-17-3-8-23(27-18(2)29)24(13-17)31-16-22(30)14-26-21-9-11-28(12-10-21)15-19-4-6-20(25)7-5-19/h3-8,13,21-22,26,30H,9-12,14-16H2,1-2H3,(H,27,29). The Hall–Kier alpha value is -2.48. The molecule has 0 bridgehead atoms. The molecule has 3 N–H and O–H groups in total. The van der Waals surface area contributed by atoms with Crippen molar-refractivity contribution in [1.29, 1.82) is 0 Å². The number of carbonyl (C=O) groups is 1. The van der Waals surface area contributed by atoms with Crippen molar-refractivity contribution in [3.8, 4) is 5.75 Å². The molecule has 7 heteroatoms. The first kappa shape index (κ1) is 23.2. The number of aryl methyl sites for hydroxylation is 1. The maximum Gasteiger partial charge on any atom is 0.221 e. The zero-order chi connectivity index (χ0) is 22.2. The molecule has 6 nitrogen and oxygen atoms in total. The van der Waals surface area contributed by atoms with Crippen molar-refractivity contribution in [2.75, 3.05) is 31.6 Å². The van der Waals surface area contributed by atoms with E-state index in [0.29, 0.717) is 24.0 Å². The SMILES string of the molecule is CC(=O)Nc1ccc(C)cc1OCC(O)CNC1CCN(Cc2ccc(F)cc2)CC1. The summed E-state index contributed by atoms with van der Waals surface area (Å²) in [7, 11) is 0. The summed E-state index contributed by atoms with van der Waals surface area (Å²) in [6, 6.07) is 12.6. The molecule has 1 unspecified atom stereocenters. The van der Waals surface area contributed by atoms with Crippen LogP contribution in [-0.4, -0.2) is 54.3 Å². The molecular formula is C24H32FN3O3. The first-order chi connectivity index (χ1) is 14.9. The molecule has 0 saturated carbocycles. The van der Waals surface area contributed by atoms with Crippen LogP contribution in [0.25, 0.3) is 0 Å². The molecule has 0 radical (unpaired) electrons. The van der Waals surface area contributed by atoms with Crippen LogP contribution in [0.2, 0.25) is 0 Å². The van der Waals surface area contributed by atoms with Gasteiger partial charge in [-0.1, -0.05) is 18.2 Å². The molecule has 0 spiro atoms. The zero-order valence-electron chi connectivity index (χ0n) is 18.2. The van der Waals surface area contributed by atoms with Crippen molar-refractivity contribution < 1.29 is 19.0 Å². The molecule has 1 aliphatic heterocycles. The smallest absolute Gasteiger partial charge is 0.221 e. The summed E-state index contributed by atoms with van der Waals surface area (Å²) in [4.78, 5) is 13.7. The van der Waals surface area contributed by atoms with Gasteiger partial charge in [-0.2, -0.15) is 0 Å². The number of ether oxygens (including phenoxy) is 1. The van der Waals surface area contributed by atoms with Crippen molar-refractivity contribution in [3.63, 3.8) is 0 Å². The Kier molecular flexibility index (Phi) is 8.40. The number of hydrogen-bond acceptors (Lipinski definition) is 5. The van der Waals surface area contributed by atoms with Crippen LogP contribution in [0.15, 0.2) is 42.5 Å². The van der Waals surface area contributed by atoms with Crippen LogP contribution >= 0.6 is 0 Å². The van der Waals surface area contributed by atoms with E-state index in [2.05, 4.69) is 15.5 Å². The van der Waals surface area contributed by atoms with Gasteiger partial charge < -0.3 is 20.5 Å². The van der Waals surface area contributed by atoms with Gasteiger partial charge in [0.25, 0.3) is 0 Å². The molecule has 2 aromatic carbocycles. The van der Waals surface area contributed by atoms with E-state index in [-0.39, 0.29) is 18.3 Å². The summed E-state index contributed by atoms with van der Waals surface area (Å²) in [5.74, 6) is 0.188. The van der Waals surface area contributed by atoms with Crippen LogP contribution in [0.5, 0.6) is 5.75 Å². The number of benzene rings is 2. The minimum absolute atomic E-state index is 0.145. The van der Waals surface area contributed by atoms with Crippen LogP contribution in [0.4, 0.5) is 10.1 Å². The van der Waals surface area contributed by atoms with E-state index in [1.54, 1.807) is 6.07 Å². The first-order valence-electron chi connectivity index (χ1n) is 10.8. The van der Waals surface area contributed by atoms with Gasteiger partial charge in [0.1, 0.15) is 24.3 Å². The van der Waals surface area contributed by atoms with E-state index in [9.17, 15) is 14.3 Å². The Labute approximate surface area is 183 Å². The summed E-state index contributed by atoms with van der Waals surface area (Å²) in [6.07, 6.45) is 1.35. The highest BCUT2D eigenvalue weighted by atomic mass is 19.1. The maximum atomic E-state index is 13.0. The molecule has 3 rings (SSSR count). The molecule has 0 aliphatic carbocycles. The number of nitrogens with zero attached hydrogens (tertiary/aromatic N) is 1. The van der Waals surface area contributed by atoms with Gasteiger partial charge in [0, 0.05) is 26.1 Å². The second-order valence-electron chi connectivity index (χ2n) is 8.23. The van der Waals surface area contributed by atoms with Crippen LogP contribution in [0.3, 0.4) is 0 Å². The van der Waals surface area contributed by atoms with Crippen molar-refractivity contribution in [3.05, 3.63) is 59.4 Å². The predicted octanol–water partition coefficient (Wildman–Crippen LogP) is 3.09. The van der Waals surface area contributed by atoms with Gasteiger partial charge in [-0.25, -0.2) is 4.39 Å². The molecule has 2 aromatic rings. The van der Waals surface area contributed by atoms with Gasteiger partial charge in [0.05, 0.1) is 5.69 Å². The van der Waals surface area contributed by atoms with Gasteiger partial charge in [0.15, 0.2) is 0 Å². The predicted molar refractivity (Wildman–Crippen MR) is 120 cm³/mol. The van der Waals surface area contributed by atoms with Gasteiger partial charge in [0.2, 0.25) is 5.91 Å². The highest BCUT2D eigenvalue weighted by molar-refractivity contribution is 5.90. The summed E-state index contributed by atoms with van der Waals surface area (Å²) in [6.45, 7) is 6.75.